The zero-order valence-corrected chi connectivity index (χ0v) is 6.23. The lowest BCUT2D eigenvalue weighted by Crippen LogP contribution is -2.33. The highest BCUT2D eigenvalue weighted by Crippen LogP contribution is 2.10. The van der Waals surface area contributed by atoms with Gasteiger partial charge in [-0.1, -0.05) is 11.5 Å². The fourth-order valence-electron chi connectivity index (χ4n) is 0.696. The summed E-state index contributed by atoms with van der Waals surface area (Å²) in [7, 11) is 0. The van der Waals surface area contributed by atoms with Gasteiger partial charge in [0.2, 0.25) is 0 Å². The van der Waals surface area contributed by atoms with E-state index in [0.29, 0.717) is 6.20 Å². The zero-order chi connectivity index (χ0) is 9.90. The minimum atomic E-state index is -5.03. The number of nitrogens with zero attached hydrogens (tertiary/aromatic N) is 4. The number of pyridine rings is 1. The lowest BCUT2D eigenvalue weighted by Gasteiger charge is -2.13. The van der Waals surface area contributed by atoms with E-state index in [-0.39, 0.29) is 5.82 Å². The molecule has 13 heavy (non-hydrogen) atoms. The van der Waals surface area contributed by atoms with Crippen molar-refractivity contribution >= 4 is 18.3 Å². The van der Waals surface area contributed by atoms with Crippen LogP contribution in [0, 0.1) is 0 Å². The van der Waals surface area contributed by atoms with Gasteiger partial charge in [-0.05, 0) is 16.7 Å². The molecule has 1 rings (SSSR count). The predicted molar refractivity (Wildman–Crippen MR) is 41.8 cm³/mol. The predicted octanol–water partition coefficient (Wildman–Crippen LogP) is 2.08. The molecule has 0 aromatic carbocycles. The Kier molecular flexibility index (Phi) is 2.43. The topological polar surface area (TPSA) is 61.7 Å². The largest absolute Gasteiger partial charge is 0.511 e. The number of aromatic nitrogens is 1. The highest BCUT2D eigenvalue weighted by Gasteiger charge is 2.25. The van der Waals surface area contributed by atoms with Crippen LogP contribution in [0.2, 0.25) is 0 Å². The van der Waals surface area contributed by atoms with E-state index >= 15 is 0 Å². The molecule has 0 fully saturated rings. The summed E-state index contributed by atoms with van der Waals surface area (Å²) in [6, 6.07) is 1.85. The van der Waals surface area contributed by atoms with Crippen molar-refractivity contribution in [3.05, 3.63) is 28.8 Å². The van der Waals surface area contributed by atoms with Crippen molar-refractivity contribution in [1.29, 1.82) is 0 Å². The van der Waals surface area contributed by atoms with E-state index in [2.05, 4.69) is 15.0 Å². The third kappa shape index (κ3) is 2.38. The molecule has 0 saturated heterocycles. The fourth-order valence-corrected chi connectivity index (χ4v) is 0.696. The number of azide groups is 1. The maximum atomic E-state index is 12.0. The number of halogens is 3. The van der Waals surface area contributed by atoms with E-state index in [0.717, 1.165) is 12.1 Å². The van der Waals surface area contributed by atoms with Gasteiger partial charge in [0.25, 0.3) is 0 Å². The molecule has 0 bridgehead atoms. The van der Waals surface area contributed by atoms with Crippen LogP contribution < -0.4 is 5.46 Å². The highest BCUT2D eigenvalue weighted by molar-refractivity contribution is 6.73. The molecule has 4 nitrogen and oxygen atoms in total. The Labute approximate surface area is 71.1 Å². The molecule has 0 saturated carbocycles. The number of rotatable bonds is 2. The van der Waals surface area contributed by atoms with Crippen LogP contribution >= 0.6 is 0 Å². The van der Waals surface area contributed by atoms with Gasteiger partial charge in [-0.25, -0.2) is 0 Å². The molecular formula is C5H3BF3N4-. The SMILES string of the molecule is [N-]=[N+]=Nc1ccc([B-](F)(F)F)cn1. The van der Waals surface area contributed by atoms with Crippen LogP contribution in [0.1, 0.15) is 0 Å². The van der Waals surface area contributed by atoms with E-state index in [4.69, 9.17) is 5.53 Å². The van der Waals surface area contributed by atoms with E-state index in [1.807, 2.05) is 0 Å². The lowest BCUT2D eigenvalue weighted by atomic mass is 9.82. The summed E-state index contributed by atoms with van der Waals surface area (Å²) in [5, 5.41) is 3.04. The van der Waals surface area contributed by atoms with Crippen LogP contribution in [0.15, 0.2) is 23.4 Å². The van der Waals surface area contributed by atoms with Gasteiger partial charge in [0.15, 0.2) is 0 Å². The minimum Gasteiger partial charge on any atom is -0.445 e. The average molecular weight is 187 g/mol. The fraction of sp³-hybridized carbons (Fsp3) is 0. The Hall–Kier alpha value is -1.69. The molecule has 68 valence electrons. The Morgan fingerprint density at radius 3 is 2.46 bits per heavy atom. The molecule has 0 atom stereocenters. The van der Waals surface area contributed by atoms with Gasteiger partial charge in [0.05, 0.1) is 0 Å². The van der Waals surface area contributed by atoms with Gasteiger partial charge in [-0.3, -0.25) is 4.98 Å². The second kappa shape index (κ2) is 3.36. The molecule has 0 radical (unpaired) electrons. The molecule has 1 heterocycles. The van der Waals surface area contributed by atoms with Crippen molar-refractivity contribution in [2.24, 2.45) is 5.11 Å². The third-order valence-corrected chi connectivity index (χ3v) is 1.30. The van der Waals surface area contributed by atoms with Gasteiger partial charge in [0, 0.05) is 11.1 Å². The quantitative estimate of drug-likeness (QED) is 0.302. The molecule has 0 N–H and O–H groups in total. The molecule has 0 aliphatic rings. The molecule has 8 heteroatoms. The lowest BCUT2D eigenvalue weighted by molar-refractivity contribution is 0.500. The minimum absolute atomic E-state index is 0.0775. The van der Waals surface area contributed by atoms with Crippen LogP contribution in [0.4, 0.5) is 18.8 Å². The van der Waals surface area contributed by atoms with Gasteiger partial charge < -0.3 is 12.9 Å². The standard InChI is InChI=1S/C5H3BF3N4/c7-6(8,9)4-1-2-5(11-3-4)12-13-10/h1-3H/q-1. The molecule has 0 spiro atoms. The first-order valence-electron chi connectivity index (χ1n) is 3.25. The van der Waals surface area contributed by atoms with Gasteiger partial charge in [0.1, 0.15) is 5.82 Å². The normalized spacial score (nSPS) is 10.7. The molecule has 0 amide bonds. The third-order valence-electron chi connectivity index (χ3n) is 1.30. The molecular weight excluding hydrogens is 184 g/mol. The van der Waals surface area contributed by atoms with Crippen molar-refractivity contribution in [2.45, 2.75) is 0 Å². The van der Waals surface area contributed by atoms with E-state index in [1.165, 1.54) is 0 Å². The summed E-state index contributed by atoms with van der Waals surface area (Å²) < 4.78 is 36.1. The van der Waals surface area contributed by atoms with Crippen molar-refractivity contribution in [3.63, 3.8) is 0 Å². The van der Waals surface area contributed by atoms with Gasteiger partial charge in [-0.2, -0.15) is 0 Å². The van der Waals surface area contributed by atoms with E-state index in [1.54, 1.807) is 0 Å². The summed E-state index contributed by atoms with van der Waals surface area (Å²) >= 11 is 0. The smallest absolute Gasteiger partial charge is 0.445 e. The van der Waals surface area contributed by atoms with Crippen LogP contribution in [0.3, 0.4) is 0 Å². The summed E-state index contributed by atoms with van der Waals surface area (Å²) in [6.07, 6.45) is 0.643. The molecule has 0 aliphatic carbocycles. The molecule has 1 aromatic rings. The summed E-state index contributed by atoms with van der Waals surface area (Å²) in [5.74, 6) is -0.0775. The van der Waals surface area contributed by atoms with E-state index in [9.17, 15) is 12.9 Å². The van der Waals surface area contributed by atoms with Crippen LogP contribution in [0.5, 0.6) is 0 Å². The van der Waals surface area contributed by atoms with Crippen LogP contribution in [0.25, 0.3) is 10.4 Å². The average Bonchev–Trinajstić information content (AvgIpc) is 2.04. The van der Waals surface area contributed by atoms with Crippen LogP contribution in [-0.2, 0) is 0 Å². The maximum absolute atomic E-state index is 12.0. The maximum Gasteiger partial charge on any atom is 0.511 e. The first kappa shape index (κ1) is 9.40. The van der Waals surface area contributed by atoms with Crippen LogP contribution in [-0.4, -0.2) is 12.0 Å². The molecule has 0 unspecified atom stereocenters. The highest BCUT2D eigenvalue weighted by atomic mass is 19.4. The van der Waals surface area contributed by atoms with Crippen molar-refractivity contribution in [2.75, 3.05) is 0 Å². The molecule has 0 aliphatic heterocycles. The Bertz CT molecular complexity index is 340. The first-order valence-corrected chi connectivity index (χ1v) is 3.25. The zero-order valence-electron chi connectivity index (χ0n) is 6.23. The Morgan fingerprint density at radius 1 is 1.38 bits per heavy atom. The second-order valence-corrected chi connectivity index (χ2v) is 2.21. The van der Waals surface area contributed by atoms with Gasteiger partial charge >= 0.3 is 6.98 Å². The second-order valence-electron chi connectivity index (χ2n) is 2.21. The Balaban J connectivity index is 3.00. The summed E-state index contributed by atoms with van der Waals surface area (Å²) in [4.78, 5) is 5.69. The number of hydrogen-bond donors (Lipinski definition) is 0. The Morgan fingerprint density at radius 2 is 2.08 bits per heavy atom. The molecule has 1 aromatic heterocycles. The summed E-state index contributed by atoms with van der Waals surface area (Å²) in [6.45, 7) is -5.03. The van der Waals surface area contributed by atoms with E-state index < -0.39 is 12.4 Å². The van der Waals surface area contributed by atoms with Crippen molar-refractivity contribution < 1.29 is 12.9 Å². The van der Waals surface area contributed by atoms with Gasteiger partial charge in [-0.15, -0.1) is 0 Å². The van der Waals surface area contributed by atoms with Crippen molar-refractivity contribution in [1.82, 2.24) is 4.98 Å². The number of hydrogen-bond acceptors (Lipinski definition) is 2. The first-order chi connectivity index (χ1) is 6.04. The van der Waals surface area contributed by atoms with Crippen molar-refractivity contribution in [3.8, 4) is 0 Å². The summed E-state index contributed by atoms with van der Waals surface area (Å²) in [5.41, 5.74) is 7.14. The monoisotopic (exact) mass is 187 g/mol.